The molecule has 0 radical (unpaired) electrons. The van der Waals surface area contributed by atoms with Gasteiger partial charge < -0.3 is 45.1 Å². The van der Waals surface area contributed by atoms with Gasteiger partial charge in [0, 0.05) is 0 Å². The second-order valence-corrected chi connectivity index (χ2v) is 1.87. The molecule has 0 aromatic heterocycles. The summed E-state index contributed by atoms with van der Waals surface area (Å²) in [7, 11) is -2.17. The third-order valence-electron chi connectivity index (χ3n) is 0.782. The number of rotatable bonds is 3. The molecule has 0 aliphatic heterocycles. The van der Waals surface area contributed by atoms with Crippen molar-refractivity contribution < 1.29 is 104 Å². The third kappa shape index (κ3) is 17.2. The van der Waals surface area contributed by atoms with E-state index in [1.165, 1.54) is 0 Å². The van der Waals surface area contributed by atoms with Gasteiger partial charge in [0.15, 0.2) is 0 Å². The number of carbonyl (C=O) groups is 2. The van der Waals surface area contributed by atoms with Crippen LogP contribution in [0.3, 0.4) is 0 Å². The maximum atomic E-state index is 9.63. The summed E-state index contributed by atoms with van der Waals surface area (Å²) in [4.78, 5) is 19.3. The molecular formula is C4H7BNa2O9. The van der Waals surface area contributed by atoms with E-state index >= 15 is 0 Å². The number of aliphatic hydroxyl groups is 2. The number of aliphatic carboxylic acids is 2. The van der Waals surface area contributed by atoms with E-state index in [2.05, 4.69) is 0 Å². The van der Waals surface area contributed by atoms with E-state index in [1.54, 1.807) is 0 Å². The average Bonchev–Trinajstić information content (AvgIpc) is 2.00. The first kappa shape index (κ1) is 25.6. The Kier molecular flexibility index (Phi) is 22.2. The zero-order valence-corrected chi connectivity index (χ0v) is 12.6. The van der Waals surface area contributed by atoms with E-state index in [1.807, 2.05) is 0 Å². The maximum absolute atomic E-state index is 9.63. The zero-order valence-electron chi connectivity index (χ0n) is 8.60. The van der Waals surface area contributed by atoms with E-state index in [-0.39, 0.29) is 59.1 Å². The van der Waals surface area contributed by atoms with Crippen molar-refractivity contribution in [3.63, 3.8) is 0 Å². The molecule has 0 heterocycles. The van der Waals surface area contributed by atoms with Crippen molar-refractivity contribution in [3.8, 4) is 0 Å². The molecule has 0 rings (SSSR count). The van der Waals surface area contributed by atoms with Gasteiger partial charge in [-0.3, -0.25) is 0 Å². The topological polar surface area (TPSA) is 181 Å². The molecule has 5 N–H and O–H groups in total. The van der Waals surface area contributed by atoms with Gasteiger partial charge in [-0.05, 0) is 0 Å². The van der Waals surface area contributed by atoms with Gasteiger partial charge in [-0.1, -0.05) is 0 Å². The van der Waals surface area contributed by atoms with E-state index < -0.39 is 31.5 Å². The molecule has 0 aromatic carbocycles. The normalized spacial score (nSPS) is 11.6. The summed E-state index contributed by atoms with van der Waals surface area (Å²) in [5.41, 5.74) is 0. The van der Waals surface area contributed by atoms with Gasteiger partial charge in [0.1, 0.15) is 12.2 Å². The fraction of sp³-hybridized carbons (Fsp3) is 0.500. The van der Waals surface area contributed by atoms with Crippen molar-refractivity contribution in [1.29, 1.82) is 0 Å². The maximum Gasteiger partial charge on any atom is 1.00 e. The van der Waals surface area contributed by atoms with E-state index in [9.17, 15) is 19.8 Å². The predicted molar refractivity (Wildman–Crippen MR) is 34.4 cm³/mol. The largest absolute Gasteiger partial charge is 1.00 e. The Balaban J connectivity index is -0.000000105. The van der Waals surface area contributed by atoms with Crippen LogP contribution in [-0.2, 0) is 9.59 Å². The van der Waals surface area contributed by atoms with Crippen LogP contribution >= 0.6 is 0 Å². The number of carboxylic acid groups (broad SMARTS) is 2. The first-order valence-electron chi connectivity index (χ1n) is 3.02. The minimum absolute atomic E-state index is 0. The monoisotopic (exact) mass is 256 g/mol. The molecule has 0 saturated heterocycles. The number of carbonyl (C=O) groups excluding carboxylic acids is 2. The van der Waals surface area contributed by atoms with Crippen LogP contribution in [-0.4, -0.2) is 56.8 Å². The molecule has 0 spiro atoms. The van der Waals surface area contributed by atoms with Crippen LogP contribution in [0.25, 0.3) is 0 Å². The van der Waals surface area contributed by atoms with Crippen LogP contribution in [0.5, 0.6) is 0 Å². The first-order chi connectivity index (χ1) is 6.20. The summed E-state index contributed by atoms with van der Waals surface area (Å²) < 4.78 is 0. The third-order valence-corrected chi connectivity index (χ3v) is 0.782. The molecule has 2 atom stereocenters. The van der Waals surface area contributed by atoms with Gasteiger partial charge in [-0.2, -0.15) is 0 Å². The first-order valence-corrected chi connectivity index (χ1v) is 3.02. The Bertz CT molecular complexity index is 179. The van der Waals surface area contributed by atoms with Crippen molar-refractivity contribution in [1.82, 2.24) is 0 Å². The molecule has 0 amide bonds. The predicted octanol–water partition coefficient (Wildman–Crippen LogP) is -12.8. The number of carboxylic acids is 2. The minimum atomic E-state index is -2.44. The molecule has 0 aliphatic rings. The molecule has 0 fully saturated rings. The molecule has 0 saturated carbocycles. The summed E-state index contributed by atoms with van der Waals surface area (Å²) in [6.07, 6.45) is -4.88. The zero-order chi connectivity index (χ0) is 11.9. The number of hydrogen-bond donors (Lipinski definition) is 5. The second kappa shape index (κ2) is 13.9. The van der Waals surface area contributed by atoms with Gasteiger partial charge in [-0.15, -0.1) is 0 Å². The van der Waals surface area contributed by atoms with Crippen LogP contribution < -0.4 is 69.3 Å². The molecule has 0 aromatic rings. The molecule has 9 nitrogen and oxygen atoms in total. The molecule has 0 bridgehead atoms. The molecule has 2 unspecified atom stereocenters. The van der Waals surface area contributed by atoms with Gasteiger partial charge >= 0.3 is 66.4 Å². The number of hydrogen-bond acceptors (Lipinski definition) is 9. The summed E-state index contributed by atoms with van der Waals surface area (Å²) in [6.45, 7) is 0. The van der Waals surface area contributed by atoms with Crippen LogP contribution in [0.2, 0.25) is 0 Å². The van der Waals surface area contributed by atoms with Gasteiger partial charge in [0.2, 0.25) is 0 Å². The van der Waals surface area contributed by atoms with Crippen LogP contribution in [0.15, 0.2) is 0 Å². The molecule has 12 heteroatoms. The Morgan fingerprint density at radius 1 is 0.875 bits per heavy atom. The van der Waals surface area contributed by atoms with Gasteiger partial charge in [0.05, 0.1) is 11.9 Å². The summed E-state index contributed by atoms with van der Waals surface area (Å²) in [6, 6.07) is 0. The summed E-state index contributed by atoms with van der Waals surface area (Å²) in [5, 5.41) is 57.2. The Labute approximate surface area is 134 Å². The molecule has 82 valence electrons. The average molecular weight is 256 g/mol. The number of aliphatic hydroxyl groups excluding tert-OH is 2. The second-order valence-electron chi connectivity index (χ2n) is 1.87. The Morgan fingerprint density at radius 2 is 1.00 bits per heavy atom. The Hall–Kier alpha value is 0.805. The standard InChI is InChI=1S/C4H6O6.BH3O3.2Na/c5-1(3(7)8)2(6)4(9)10;2-1(3)4;;/h1-2,5-6H,(H,7,8)(H,9,10);2-4H;;/q;;2*+1/p-2. The van der Waals surface area contributed by atoms with Crippen molar-refractivity contribution in [2.75, 3.05) is 0 Å². The van der Waals surface area contributed by atoms with Gasteiger partial charge in [0.25, 0.3) is 0 Å². The van der Waals surface area contributed by atoms with Gasteiger partial charge in [-0.25, -0.2) is 0 Å². The van der Waals surface area contributed by atoms with Crippen molar-refractivity contribution >= 4 is 19.3 Å². The summed E-state index contributed by atoms with van der Waals surface area (Å²) >= 11 is 0. The van der Waals surface area contributed by atoms with Crippen LogP contribution in [0, 0.1) is 0 Å². The minimum Gasteiger partial charge on any atom is -0.547 e. The molecule has 16 heavy (non-hydrogen) atoms. The molecular weight excluding hydrogens is 249 g/mol. The quantitative estimate of drug-likeness (QED) is 0.306. The fourth-order valence-corrected chi connectivity index (χ4v) is 0.258. The van der Waals surface area contributed by atoms with Crippen LogP contribution in [0.1, 0.15) is 0 Å². The SMILES string of the molecule is O=C([O-])C(O)C(O)C(=O)[O-].OB(O)O.[Na+].[Na+]. The fourth-order valence-electron chi connectivity index (χ4n) is 0.258. The van der Waals surface area contributed by atoms with Crippen molar-refractivity contribution in [3.05, 3.63) is 0 Å². The van der Waals surface area contributed by atoms with E-state index in [0.717, 1.165) is 0 Å². The van der Waals surface area contributed by atoms with Crippen molar-refractivity contribution in [2.24, 2.45) is 0 Å². The van der Waals surface area contributed by atoms with E-state index in [4.69, 9.17) is 25.3 Å². The van der Waals surface area contributed by atoms with Crippen molar-refractivity contribution in [2.45, 2.75) is 12.2 Å². The van der Waals surface area contributed by atoms with Crippen LogP contribution in [0.4, 0.5) is 0 Å². The Morgan fingerprint density at radius 3 is 1.06 bits per heavy atom. The molecule has 0 aliphatic carbocycles. The smallest absolute Gasteiger partial charge is 0.547 e. The summed E-state index contributed by atoms with van der Waals surface area (Å²) in [5.74, 6) is -4.12. The van der Waals surface area contributed by atoms with E-state index in [0.29, 0.717) is 0 Å².